The maximum absolute atomic E-state index is 12.9. The third kappa shape index (κ3) is 10.2. The van der Waals surface area contributed by atoms with E-state index < -0.39 is 72.3 Å². The summed E-state index contributed by atoms with van der Waals surface area (Å²) in [5.41, 5.74) is 5.90. The number of rotatable bonds is 15. The van der Waals surface area contributed by atoms with Gasteiger partial charge in [0.2, 0.25) is 17.7 Å². The number of carbonyl (C=O) groups excluding carboxylic acids is 3. The van der Waals surface area contributed by atoms with E-state index in [1.54, 1.807) is 20.8 Å². The molecule has 0 aliphatic carbocycles. The molecule has 0 radical (unpaired) electrons. The molecule has 0 spiro atoms. The zero-order valence-corrected chi connectivity index (χ0v) is 19.8. The molecule has 0 aromatic heterocycles. The van der Waals surface area contributed by atoms with Crippen LogP contribution >= 0.6 is 0 Å². The number of amides is 3. The van der Waals surface area contributed by atoms with Gasteiger partial charge < -0.3 is 37.0 Å². The first-order valence-corrected chi connectivity index (χ1v) is 11.1. The Morgan fingerprint density at radius 1 is 0.788 bits per heavy atom. The van der Waals surface area contributed by atoms with E-state index in [0.717, 1.165) is 0 Å². The van der Waals surface area contributed by atoms with Crippen LogP contribution in [0, 0.1) is 11.8 Å². The van der Waals surface area contributed by atoms with Gasteiger partial charge in [0, 0.05) is 6.42 Å². The Balaban J connectivity index is 5.65. The van der Waals surface area contributed by atoms with Crippen LogP contribution in [0.2, 0.25) is 0 Å². The molecule has 12 nitrogen and oxygen atoms in total. The molecule has 33 heavy (non-hydrogen) atoms. The number of aliphatic hydroxyl groups is 1. The lowest BCUT2D eigenvalue weighted by molar-refractivity contribution is -0.145. The molecule has 0 rings (SSSR count). The summed E-state index contributed by atoms with van der Waals surface area (Å²) in [5, 5.41) is 35.0. The summed E-state index contributed by atoms with van der Waals surface area (Å²) in [6.07, 6.45) is -0.981. The Kier molecular flexibility index (Phi) is 13.2. The predicted molar refractivity (Wildman–Crippen MR) is 119 cm³/mol. The second-order valence-electron chi connectivity index (χ2n) is 8.34. The van der Waals surface area contributed by atoms with Crippen LogP contribution in [0.3, 0.4) is 0 Å². The molecular weight excluding hydrogens is 436 g/mol. The van der Waals surface area contributed by atoms with Crippen LogP contribution < -0.4 is 21.7 Å². The van der Waals surface area contributed by atoms with E-state index in [-0.39, 0.29) is 12.3 Å². The van der Waals surface area contributed by atoms with E-state index in [9.17, 15) is 34.2 Å². The molecule has 8 N–H and O–H groups in total. The number of aliphatic carboxylic acids is 2. The van der Waals surface area contributed by atoms with Crippen molar-refractivity contribution in [2.45, 2.75) is 90.6 Å². The van der Waals surface area contributed by atoms with Gasteiger partial charge in [0.05, 0.1) is 12.1 Å². The highest BCUT2D eigenvalue weighted by molar-refractivity contribution is 5.94. The lowest BCUT2D eigenvalue weighted by Gasteiger charge is -2.28. The van der Waals surface area contributed by atoms with Gasteiger partial charge in [-0.1, -0.05) is 40.5 Å². The molecular formula is C21H38N4O8. The van der Waals surface area contributed by atoms with Crippen LogP contribution in [0.15, 0.2) is 0 Å². The minimum Gasteiger partial charge on any atom is -0.481 e. The fourth-order valence-electron chi connectivity index (χ4n) is 2.90. The van der Waals surface area contributed by atoms with Gasteiger partial charge in [-0.15, -0.1) is 0 Å². The fourth-order valence-corrected chi connectivity index (χ4v) is 2.90. The summed E-state index contributed by atoms with van der Waals surface area (Å²) in [6, 6.07) is -4.95. The van der Waals surface area contributed by atoms with Crippen molar-refractivity contribution in [2.24, 2.45) is 17.6 Å². The molecule has 190 valence electrons. The van der Waals surface area contributed by atoms with Crippen LogP contribution in [0.1, 0.15) is 60.3 Å². The minimum atomic E-state index is -1.59. The zero-order valence-electron chi connectivity index (χ0n) is 19.8. The Morgan fingerprint density at radius 3 is 1.73 bits per heavy atom. The second kappa shape index (κ2) is 14.4. The summed E-state index contributed by atoms with van der Waals surface area (Å²) < 4.78 is 0. The standard InChI is InChI=1S/C21H38N4O8/c1-6-10(3)15(22)19(30)23-13(8-9-14(27)28)18(29)24-16(11(4)7-2)20(31)25-17(12(5)26)21(32)33/h10-13,15-17,26H,6-9,22H2,1-5H3,(H,23,30)(H,24,29)(H,25,31)(H,27,28)(H,32,33)/t10-,11-,12+,13-,15-,16-,17-/m0/s1. The van der Waals surface area contributed by atoms with Crippen LogP contribution in [0.25, 0.3) is 0 Å². The van der Waals surface area contributed by atoms with Gasteiger partial charge in [0.25, 0.3) is 0 Å². The van der Waals surface area contributed by atoms with Crippen molar-refractivity contribution in [1.82, 2.24) is 16.0 Å². The Labute approximate surface area is 193 Å². The predicted octanol–water partition coefficient (Wildman–Crippen LogP) is -0.809. The summed E-state index contributed by atoms with van der Waals surface area (Å²) in [4.78, 5) is 60.5. The van der Waals surface area contributed by atoms with Gasteiger partial charge in [0.15, 0.2) is 6.04 Å². The highest BCUT2D eigenvalue weighted by atomic mass is 16.4. The summed E-state index contributed by atoms with van der Waals surface area (Å²) >= 11 is 0. The van der Waals surface area contributed by atoms with E-state index >= 15 is 0 Å². The highest BCUT2D eigenvalue weighted by Gasteiger charge is 2.34. The molecule has 0 bridgehead atoms. The molecule has 0 aromatic carbocycles. The van der Waals surface area contributed by atoms with E-state index in [0.29, 0.717) is 12.8 Å². The first-order chi connectivity index (χ1) is 15.3. The first-order valence-electron chi connectivity index (χ1n) is 11.1. The molecule has 7 atom stereocenters. The van der Waals surface area contributed by atoms with Crippen molar-refractivity contribution in [3.05, 3.63) is 0 Å². The molecule has 0 saturated heterocycles. The quantitative estimate of drug-likeness (QED) is 0.158. The lowest BCUT2D eigenvalue weighted by Crippen LogP contribution is -2.60. The van der Waals surface area contributed by atoms with Crippen molar-refractivity contribution in [3.8, 4) is 0 Å². The lowest BCUT2D eigenvalue weighted by atomic mass is 9.96. The van der Waals surface area contributed by atoms with Gasteiger partial charge in [-0.25, -0.2) is 4.79 Å². The molecule has 0 unspecified atom stereocenters. The van der Waals surface area contributed by atoms with Gasteiger partial charge in [-0.05, 0) is 25.2 Å². The van der Waals surface area contributed by atoms with Crippen LogP contribution in [0.4, 0.5) is 0 Å². The molecule has 0 aliphatic rings. The van der Waals surface area contributed by atoms with Gasteiger partial charge in [0.1, 0.15) is 12.1 Å². The van der Waals surface area contributed by atoms with Crippen LogP contribution in [-0.2, 0) is 24.0 Å². The average Bonchev–Trinajstić information content (AvgIpc) is 2.75. The number of carboxylic acids is 2. The van der Waals surface area contributed by atoms with Crippen molar-refractivity contribution in [2.75, 3.05) is 0 Å². The Hall–Kier alpha value is -2.73. The minimum absolute atomic E-state index is 0.180. The second-order valence-corrected chi connectivity index (χ2v) is 8.34. The molecule has 0 fully saturated rings. The van der Waals surface area contributed by atoms with Gasteiger partial charge in [-0.2, -0.15) is 0 Å². The van der Waals surface area contributed by atoms with Crippen molar-refractivity contribution < 1.29 is 39.3 Å². The maximum atomic E-state index is 12.9. The van der Waals surface area contributed by atoms with E-state index in [2.05, 4.69) is 16.0 Å². The first kappa shape index (κ1) is 30.3. The number of aliphatic hydroxyl groups excluding tert-OH is 1. The molecule has 0 aliphatic heterocycles. The van der Waals surface area contributed by atoms with Crippen molar-refractivity contribution >= 4 is 29.7 Å². The van der Waals surface area contributed by atoms with Crippen LogP contribution in [-0.4, -0.2) is 75.3 Å². The van der Waals surface area contributed by atoms with E-state index in [1.165, 1.54) is 6.92 Å². The summed E-state index contributed by atoms with van der Waals surface area (Å²) in [7, 11) is 0. The molecule has 3 amide bonds. The van der Waals surface area contributed by atoms with Gasteiger partial charge in [-0.3, -0.25) is 19.2 Å². The number of carbonyl (C=O) groups is 5. The average molecular weight is 475 g/mol. The number of carboxylic acid groups (broad SMARTS) is 2. The third-order valence-electron chi connectivity index (χ3n) is 5.68. The fraction of sp³-hybridized carbons (Fsp3) is 0.762. The Morgan fingerprint density at radius 2 is 1.30 bits per heavy atom. The van der Waals surface area contributed by atoms with E-state index in [4.69, 9.17) is 10.8 Å². The normalized spacial score (nSPS) is 17.4. The topological polar surface area (TPSA) is 208 Å². The highest BCUT2D eigenvalue weighted by Crippen LogP contribution is 2.11. The summed E-state index contributed by atoms with van der Waals surface area (Å²) in [6.45, 7) is 8.23. The number of nitrogens with one attached hydrogen (secondary N) is 3. The molecule has 12 heteroatoms. The molecule has 0 aromatic rings. The largest absolute Gasteiger partial charge is 0.481 e. The monoisotopic (exact) mass is 474 g/mol. The van der Waals surface area contributed by atoms with Crippen LogP contribution in [0.5, 0.6) is 0 Å². The number of nitrogens with two attached hydrogens (primary N) is 1. The Bertz CT molecular complexity index is 700. The SMILES string of the molecule is CC[C@H](C)[C@H](N)C(=O)N[C@@H](CCC(=O)O)C(=O)N[C@H](C(=O)N[C@H](C(=O)O)[C@@H](C)O)[C@@H](C)CC. The van der Waals surface area contributed by atoms with E-state index in [1.807, 2.05) is 6.92 Å². The molecule has 0 heterocycles. The maximum Gasteiger partial charge on any atom is 0.328 e. The number of hydrogen-bond donors (Lipinski definition) is 7. The third-order valence-corrected chi connectivity index (χ3v) is 5.68. The van der Waals surface area contributed by atoms with Crippen molar-refractivity contribution in [3.63, 3.8) is 0 Å². The summed E-state index contributed by atoms with van der Waals surface area (Å²) in [5.74, 6) is -5.49. The molecule has 0 saturated carbocycles. The zero-order chi connectivity index (χ0) is 25.9. The smallest absolute Gasteiger partial charge is 0.328 e. The number of hydrogen-bond acceptors (Lipinski definition) is 7. The van der Waals surface area contributed by atoms with Crippen molar-refractivity contribution in [1.29, 1.82) is 0 Å². The van der Waals surface area contributed by atoms with Gasteiger partial charge >= 0.3 is 11.9 Å².